The molecule has 0 spiro atoms. The van der Waals surface area contributed by atoms with Crippen molar-refractivity contribution in [2.24, 2.45) is 0 Å². The summed E-state index contributed by atoms with van der Waals surface area (Å²) in [7, 11) is 0. The molecule has 0 aliphatic heterocycles. The van der Waals surface area contributed by atoms with E-state index in [4.69, 9.17) is 0 Å². The van der Waals surface area contributed by atoms with E-state index < -0.39 is 23.0 Å². The minimum absolute atomic E-state index is 0. The minimum atomic E-state index is -0.437. The summed E-state index contributed by atoms with van der Waals surface area (Å²) in [5.41, 5.74) is 0. The molecule has 2 aromatic rings. The fraction of sp³-hybridized carbons (Fsp3) is 0. The molecule has 0 saturated carbocycles. The predicted octanol–water partition coefficient (Wildman–Crippen LogP) is -3.33. The number of benzene rings is 2. The summed E-state index contributed by atoms with van der Waals surface area (Å²) in [5.74, 6) is -1.75. The van der Waals surface area contributed by atoms with Gasteiger partial charge in [-0.05, 0) is 0 Å². The second-order valence-corrected chi connectivity index (χ2v) is 2.89. The topological polar surface area (TPSA) is 92.2 Å². The molecule has 0 N–H and O–H groups in total. The third kappa shape index (κ3) is 5.49. The van der Waals surface area contributed by atoms with Crippen molar-refractivity contribution in [3.8, 4) is 23.0 Å². The largest absolute Gasteiger partial charge is 1.00 e. The average molecular weight is 239 g/mol. The van der Waals surface area contributed by atoms with Crippen LogP contribution >= 0.6 is 0 Å². The van der Waals surface area contributed by atoms with Crippen molar-refractivity contribution in [1.29, 1.82) is 0 Å². The summed E-state index contributed by atoms with van der Waals surface area (Å²) in [6.45, 7) is 0. The van der Waals surface area contributed by atoms with Crippen LogP contribution in [0.4, 0.5) is 0 Å². The van der Waals surface area contributed by atoms with E-state index in [0.717, 1.165) is 0 Å². The van der Waals surface area contributed by atoms with E-state index >= 15 is 0 Å². The van der Waals surface area contributed by atoms with Gasteiger partial charge in [0.2, 0.25) is 0 Å². The van der Waals surface area contributed by atoms with Crippen LogP contribution in [0.1, 0.15) is 0 Å². The maximum Gasteiger partial charge on any atom is 1.00 e. The van der Waals surface area contributed by atoms with E-state index in [1.54, 1.807) is 24.3 Å². The average Bonchev–Trinajstić information content (AvgIpc) is 2.28. The molecule has 0 aromatic heterocycles. The molecule has 0 saturated heterocycles. The van der Waals surface area contributed by atoms with Crippen LogP contribution in [-0.2, 0) is 0 Å². The van der Waals surface area contributed by atoms with Crippen LogP contribution in [0.15, 0.2) is 48.5 Å². The van der Waals surface area contributed by atoms with Crippen molar-refractivity contribution in [2.45, 2.75) is 0 Å². The summed E-state index contributed by atoms with van der Waals surface area (Å²) >= 11 is 0. The summed E-state index contributed by atoms with van der Waals surface area (Å²) in [4.78, 5) is 0. The van der Waals surface area contributed by atoms with E-state index in [0.29, 0.717) is 0 Å². The van der Waals surface area contributed by atoms with Gasteiger partial charge in [-0.15, -0.1) is 23.0 Å². The summed E-state index contributed by atoms with van der Waals surface area (Å²) in [6.07, 6.45) is 0. The molecule has 2 rings (SSSR count). The zero-order valence-corrected chi connectivity index (χ0v) is 11.3. The molecule has 0 aliphatic carbocycles. The van der Waals surface area contributed by atoms with Crippen LogP contribution in [-0.4, -0.2) is 0 Å². The Morgan fingerprint density at radius 2 is 0.647 bits per heavy atom. The van der Waals surface area contributed by atoms with Gasteiger partial charge >= 0.3 is 29.6 Å². The molecule has 2 aromatic carbocycles. The molecular formula is C12H8NaO4-3. The van der Waals surface area contributed by atoms with Gasteiger partial charge in [0, 0.05) is 0 Å². The molecule has 5 heteroatoms. The van der Waals surface area contributed by atoms with Gasteiger partial charge in [0.25, 0.3) is 0 Å². The smallest absolute Gasteiger partial charge is 0.873 e. The summed E-state index contributed by atoms with van der Waals surface area (Å²) in [6, 6.07) is 11.2. The fourth-order valence-corrected chi connectivity index (χ4v) is 0.900. The maximum atomic E-state index is 10.3. The quantitative estimate of drug-likeness (QED) is 0.449. The van der Waals surface area contributed by atoms with E-state index in [-0.39, 0.29) is 29.6 Å². The molecule has 0 amide bonds. The second-order valence-electron chi connectivity index (χ2n) is 2.89. The van der Waals surface area contributed by atoms with Crippen LogP contribution in [0.3, 0.4) is 0 Å². The van der Waals surface area contributed by atoms with Crippen LogP contribution in [0.5, 0.6) is 23.0 Å². The van der Waals surface area contributed by atoms with Gasteiger partial charge < -0.3 is 20.4 Å². The molecule has 0 bridgehead atoms. The molecule has 0 atom stereocenters. The van der Waals surface area contributed by atoms with Gasteiger partial charge in [-0.2, -0.15) is 0 Å². The van der Waals surface area contributed by atoms with Gasteiger partial charge in [-0.25, -0.2) is 0 Å². The Labute approximate surface area is 121 Å². The zero-order chi connectivity index (χ0) is 12.0. The third-order valence-corrected chi connectivity index (χ3v) is 1.70. The van der Waals surface area contributed by atoms with Crippen molar-refractivity contribution >= 4 is 0 Å². The van der Waals surface area contributed by atoms with E-state index in [1.165, 1.54) is 24.3 Å². The van der Waals surface area contributed by atoms with E-state index in [9.17, 15) is 20.4 Å². The second kappa shape index (κ2) is 7.84. The van der Waals surface area contributed by atoms with Gasteiger partial charge in [0.05, 0.1) is 0 Å². The molecular weight excluding hydrogens is 231 g/mol. The Bertz CT molecular complexity index is 374. The standard InChI is InChI=1S/2C6H6O2.Na/c2*7-5-3-1-2-4-6(5)8;/h2*1-4,7-8H;/q;;+1/p-4. The first-order chi connectivity index (χ1) is 7.61. The Balaban J connectivity index is 0.000000284. The number of hydrogen-bond donors (Lipinski definition) is 0. The molecule has 0 unspecified atom stereocenters. The van der Waals surface area contributed by atoms with E-state index in [2.05, 4.69) is 0 Å². The van der Waals surface area contributed by atoms with Crippen molar-refractivity contribution in [2.75, 3.05) is 0 Å². The molecule has 4 nitrogen and oxygen atoms in total. The van der Waals surface area contributed by atoms with E-state index in [1.807, 2.05) is 0 Å². The normalized spacial score (nSPS) is 8.47. The Hall–Kier alpha value is -1.36. The van der Waals surface area contributed by atoms with Crippen molar-refractivity contribution in [3.05, 3.63) is 48.5 Å². The first kappa shape index (κ1) is 15.6. The monoisotopic (exact) mass is 239 g/mol. The van der Waals surface area contributed by atoms with Crippen LogP contribution in [0.25, 0.3) is 0 Å². The molecule has 84 valence electrons. The van der Waals surface area contributed by atoms with Crippen LogP contribution in [0.2, 0.25) is 0 Å². The Morgan fingerprint density at radius 3 is 0.765 bits per heavy atom. The Morgan fingerprint density at radius 1 is 0.471 bits per heavy atom. The van der Waals surface area contributed by atoms with Crippen LogP contribution in [0, 0.1) is 0 Å². The molecule has 0 radical (unpaired) electrons. The molecule has 17 heavy (non-hydrogen) atoms. The maximum absolute atomic E-state index is 10.3. The third-order valence-electron chi connectivity index (χ3n) is 1.70. The zero-order valence-electron chi connectivity index (χ0n) is 9.25. The molecule has 0 aliphatic rings. The van der Waals surface area contributed by atoms with Crippen molar-refractivity contribution < 1.29 is 50.0 Å². The number of para-hydroxylation sites is 4. The molecule has 0 fully saturated rings. The van der Waals surface area contributed by atoms with Gasteiger partial charge in [0.1, 0.15) is 0 Å². The summed E-state index contributed by atoms with van der Waals surface area (Å²) < 4.78 is 0. The SMILES string of the molecule is [Na+].[O-]c1ccccc1[O-].[O-]c1ccccc1[O-]. The van der Waals surface area contributed by atoms with Gasteiger partial charge in [-0.3, -0.25) is 0 Å². The summed E-state index contributed by atoms with van der Waals surface area (Å²) in [5, 5.41) is 41.2. The first-order valence-electron chi connectivity index (χ1n) is 4.47. The van der Waals surface area contributed by atoms with Crippen molar-refractivity contribution in [3.63, 3.8) is 0 Å². The van der Waals surface area contributed by atoms with Gasteiger partial charge in [-0.1, -0.05) is 48.5 Å². The number of rotatable bonds is 0. The van der Waals surface area contributed by atoms with Crippen LogP contribution < -0.4 is 50.0 Å². The van der Waals surface area contributed by atoms with Crippen molar-refractivity contribution in [1.82, 2.24) is 0 Å². The fourth-order valence-electron chi connectivity index (χ4n) is 0.900. The number of hydrogen-bond acceptors (Lipinski definition) is 4. The Kier molecular flexibility index (Phi) is 7.21. The minimum Gasteiger partial charge on any atom is -0.873 e. The molecule has 0 heterocycles. The first-order valence-corrected chi connectivity index (χ1v) is 4.47. The van der Waals surface area contributed by atoms with Gasteiger partial charge in [0.15, 0.2) is 0 Å². The predicted molar refractivity (Wildman–Crippen MR) is 50.7 cm³/mol.